The monoisotopic (exact) mass is 492 g/mol. The molecule has 1 aliphatic carbocycles. The maximum Gasteiger partial charge on any atom is 0.163 e. The van der Waals surface area contributed by atoms with E-state index >= 15 is 0 Å². The molecule has 1 heterocycles. The third-order valence-electron chi connectivity index (χ3n) is 6.15. The van der Waals surface area contributed by atoms with Gasteiger partial charge in [0.2, 0.25) is 0 Å². The minimum Gasteiger partial charge on any atom is -0.496 e. The number of ketones is 1. The van der Waals surface area contributed by atoms with Gasteiger partial charge < -0.3 is 15.4 Å². The van der Waals surface area contributed by atoms with E-state index in [1.807, 2.05) is 42.5 Å². The first-order valence-corrected chi connectivity index (χ1v) is 11.3. The second kappa shape index (κ2) is 8.43. The number of ether oxygens (including phenoxy) is 1. The number of carbonyl (C=O) groups is 1. The van der Waals surface area contributed by atoms with Crippen LogP contribution >= 0.6 is 15.9 Å². The van der Waals surface area contributed by atoms with Gasteiger partial charge in [-0.1, -0.05) is 40.2 Å². The molecule has 2 unspecified atom stereocenters. The minimum atomic E-state index is -0.365. The molecule has 3 aromatic rings. The molecule has 0 saturated heterocycles. The predicted molar refractivity (Wildman–Crippen MR) is 128 cm³/mol. The van der Waals surface area contributed by atoms with Crippen molar-refractivity contribution < 1.29 is 13.9 Å². The fourth-order valence-electron chi connectivity index (χ4n) is 4.63. The third kappa shape index (κ3) is 3.79. The molecule has 4 nitrogen and oxygen atoms in total. The molecule has 0 aromatic heterocycles. The number of carbonyl (C=O) groups excluding carboxylic acids is 1. The highest BCUT2D eigenvalue weighted by Crippen LogP contribution is 2.46. The van der Waals surface area contributed by atoms with E-state index in [4.69, 9.17) is 4.74 Å². The second-order valence-electron chi connectivity index (χ2n) is 8.11. The number of anilines is 2. The number of hydrogen-bond acceptors (Lipinski definition) is 4. The van der Waals surface area contributed by atoms with Crippen LogP contribution in [0.2, 0.25) is 0 Å². The maximum absolute atomic E-state index is 13.6. The van der Waals surface area contributed by atoms with Crippen LogP contribution in [0.4, 0.5) is 15.8 Å². The molecule has 0 radical (unpaired) electrons. The summed E-state index contributed by atoms with van der Waals surface area (Å²) >= 11 is 3.56. The SMILES string of the molecule is COc1ccc(Br)cc1C1Nc2ccccc2NC2=C1C(=O)CC(c1ccc(F)cc1)C2. The van der Waals surface area contributed by atoms with E-state index < -0.39 is 0 Å². The number of hydrogen-bond donors (Lipinski definition) is 2. The Kier molecular flexibility index (Phi) is 5.47. The molecule has 2 aliphatic rings. The molecule has 2 atom stereocenters. The molecule has 162 valence electrons. The summed E-state index contributed by atoms with van der Waals surface area (Å²) in [5, 5.41) is 7.10. The molecule has 1 aliphatic heterocycles. The Morgan fingerprint density at radius 1 is 1.00 bits per heavy atom. The normalized spacial score (nSPS) is 19.9. The second-order valence-corrected chi connectivity index (χ2v) is 9.02. The van der Waals surface area contributed by atoms with Gasteiger partial charge in [-0.2, -0.15) is 0 Å². The van der Waals surface area contributed by atoms with Crippen molar-refractivity contribution >= 4 is 33.1 Å². The number of halogens is 2. The van der Waals surface area contributed by atoms with E-state index in [9.17, 15) is 9.18 Å². The molecule has 5 rings (SSSR count). The fourth-order valence-corrected chi connectivity index (χ4v) is 5.01. The number of fused-ring (bicyclic) bond motifs is 1. The lowest BCUT2D eigenvalue weighted by Crippen LogP contribution is -2.27. The van der Waals surface area contributed by atoms with Crippen molar-refractivity contribution in [1.29, 1.82) is 0 Å². The van der Waals surface area contributed by atoms with Gasteiger partial charge in [-0.15, -0.1) is 0 Å². The van der Waals surface area contributed by atoms with Crippen molar-refractivity contribution in [3.05, 3.63) is 99.4 Å². The minimum absolute atomic E-state index is 0.00957. The van der Waals surface area contributed by atoms with Crippen LogP contribution in [-0.2, 0) is 4.79 Å². The van der Waals surface area contributed by atoms with Crippen LogP contribution in [0.3, 0.4) is 0 Å². The van der Waals surface area contributed by atoms with Crippen LogP contribution in [0, 0.1) is 5.82 Å². The predicted octanol–water partition coefficient (Wildman–Crippen LogP) is 6.58. The van der Waals surface area contributed by atoms with Gasteiger partial charge >= 0.3 is 0 Å². The van der Waals surface area contributed by atoms with Gasteiger partial charge in [0, 0.05) is 27.7 Å². The number of methoxy groups -OCH3 is 1. The van der Waals surface area contributed by atoms with Crippen LogP contribution in [0.15, 0.2) is 82.5 Å². The lowest BCUT2D eigenvalue weighted by atomic mass is 9.78. The van der Waals surface area contributed by atoms with Gasteiger partial charge in [-0.05, 0) is 60.4 Å². The van der Waals surface area contributed by atoms with E-state index in [1.165, 1.54) is 12.1 Å². The molecule has 0 saturated carbocycles. The maximum atomic E-state index is 13.6. The topological polar surface area (TPSA) is 50.4 Å². The van der Waals surface area contributed by atoms with E-state index in [1.54, 1.807) is 19.2 Å². The lowest BCUT2D eigenvalue weighted by molar-refractivity contribution is -0.116. The molecule has 2 N–H and O–H groups in total. The summed E-state index contributed by atoms with van der Waals surface area (Å²) in [6.07, 6.45) is 1.03. The average Bonchev–Trinajstić information content (AvgIpc) is 2.96. The van der Waals surface area contributed by atoms with Crippen LogP contribution in [0.1, 0.15) is 35.9 Å². The first kappa shape index (κ1) is 20.8. The van der Waals surface area contributed by atoms with Gasteiger partial charge in [0.25, 0.3) is 0 Å². The zero-order chi connectivity index (χ0) is 22.2. The largest absolute Gasteiger partial charge is 0.496 e. The highest BCUT2D eigenvalue weighted by molar-refractivity contribution is 9.10. The van der Waals surface area contributed by atoms with Crippen molar-refractivity contribution in [1.82, 2.24) is 0 Å². The number of rotatable bonds is 3. The van der Waals surface area contributed by atoms with E-state index in [0.29, 0.717) is 18.6 Å². The summed E-state index contributed by atoms with van der Waals surface area (Å²) in [5.41, 5.74) is 5.30. The Balaban J connectivity index is 1.64. The van der Waals surface area contributed by atoms with Gasteiger partial charge in [0.15, 0.2) is 5.78 Å². The lowest BCUT2D eigenvalue weighted by Gasteiger charge is -2.30. The van der Waals surface area contributed by atoms with Crippen LogP contribution in [-0.4, -0.2) is 12.9 Å². The van der Waals surface area contributed by atoms with E-state index in [0.717, 1.165) is 38.2 Å². The van der Waals surface area contributed by atoms with Gasteiger partial charge in [0.1, 0.15) is 11.6 Å². The number of allylic oxidation sites excluding steroid dienone is 1. The van der Waals surface area contributed by atoms with Gasteiger partial charge in [0.05, 0.1) is 24.5 Å². The molecule has 0 amide bonds. The van der Waals surface area contributed by atoms with Crippen molar-refractivity contribution in [3.63, 3.8) is 0 Å². The Bertz CT molecular complexity index is 1220. The molecule has 3 aromatic carbocycles. The van der Waals surface area contributed by atoms with Crippen molar-refractivity contribution in [2.75, 3.05) is 17.7 Å². The summed E-state index contributed by atoms with van der Waals surface area (Å²) in [4.78, 5) is 13.6. The van der Waals surface area contributed by atoms with E-state index in [-0.39, 0.29) is 23.6 Å². The highest BCUT2D eigenvalue weighted by atomic mass is 79.9. The quantitative estimate of drug-likeness (QED) is 0.433. The third-order valence-corrected chi connectivity index (χ3v) is 6.65. The summed E-state index contributed by atoms with van der Waals surface area (Å²) in [5.74, 6) is 0.499. The number of nitrogens with one attached hydrogen (secondary N) is 2. The van der Waals surface area contributed by atoms with Crippen molar-refractivity contribution in [2.24, 2.45) is 0 Å². The number of benzene rings is 3. The number of Topliss-reactive ketones (excluding diaryl/α,β-unsaturated/α-hetero) is 1. The standard InChI is InChI=1S/C26H22BrFN2O2/c1-32-24-11-8-17(27)14-19(24)26-25-22(29-20-4-2-3-5-21(20)30-26)12-16(13-23(25)31)15-6-9-18(28)10-7-15/h2-11,14,16,26,29-30H,12-13H2,1H3. The van der Waals surface area contributed by atoms with E-state index in [2.05, 4.69) is 26.6 Å². The molecular formula is C26H22BrFN2O2. The Morgan fingerprint density at radius 3 is 2.50 bits per heavy atom. The average molecular weight is 493 g/mol. The first-order chi connectivity index (χ1) is 15.5. The molecule has 0 spiro atoms. The Hall–Kier alpha value is -3.12. The van der Waals surface area contributed by atoms with Crippen molar-refractivity contribution in [3.8, 4) is 5.75 Å². The molecule has 0 fully saturated rings. The Labute approximate surface area is 194 Å². The Morgan fingerprint density at radius 2 is 1.75 bits per heavy atom. The molecular weight excluding hydrogens is 471 g/mol. The zero-order valence-corrected chi connectivity index (χ0v) is 19.1. The van der Waals surface area contributed by atoms with Crippen LogP contribution < -0.4 is 15.4 Å². The van der Waals surface area contributed by atoms with Gasteiger partial charge in [-0.3, -0.25) is 4.79 Å². The molecule has 0 bridgehead atoms. The fraction of sp³-hybridized carbons (Fsp3) is 0.192. The summed E-state index contributed by atoms with van der Waals surface area (Å²) in [6.45, 7) is 0. The summed E-state index contributed by atoms with van der Waals surface area (Å²) in [7, 11) is 1.64. The van der Waals surface area contributed by atoms with Crippen LogP contribution in [0.25, 0.3) is 0 Å². The highest BCUT2D eigenvalue weighted by Gasteiger charge is 2.37. The van der Waals surface area contributed by atoms with Gasteiger partial charge in [-0.25, -0.2) is 4.39 Å². The van der Waals surface area contributed by atoms with Crippen LogP contribution in [0.5, 0.6) is 5.75 Å². The molecule has 32 heavy (non-hydrogen) atoms. The molecule has 6 heteroatoms. The number of para-hydroxylation sites is 2. The summed E-state index contributed by atoms with van der Waals surface area (Å²) < 4.78 is 20.0. The smallest absolute Gasteiger partial charge is 0.163 e. The summed E-state index contributed by atoms with van der Waals surface area (Å²) in [6, 6.07) is 19.9. The zero-order valence-electron chi connectivity index (χ0n) is 17.5. The van der Waals surface area contributed by atoms with Crippen molar-refractivity contribution in [2.45, 2.75) is 24.8 Å². The first-order valence-electron chi connectivity index (χ1n) is 10.5.